The summed E-state index contributed by atoms with van der Waals surface area (Å²) in [6.07, 6.45) is 1.72. The Morgan fingerprint density at radius 2 is 2.33 bits per heavy atom. The largest absolute Gasteiger partial charge is 0.489 e. The third kappa shape index (κ3) is 2.02. The minimum Gasteiger partial charge on any atom is -0.489 e. The fourth-order valence-electron chi connectivity index (χ4n) is 0.983. The molecule has 0 aliphatic rings. The number of nitrogen functional groups attached to an aromatic ring is 1. The molecule has 0 unspecified atom stereocenters. The zero-order chi connectivity index (χ0) is 8.97. The quantitative estimate of drug-likeness (QED) is 0.547. The van der Waals surface area contributed by atoms with Crippen molar-refractivity contribution in [2.45, 2.75) is 6.92 Å². The van der Waals surface area contributed by atoms with Crippen molar-refractivity contribution in [1.82, 2.24) is 0 Å². The van der Waals surface area contributed by atoms with Gasteiger partial charge in [0.1, 0.15) is 12.4 Å². The molecule has 0 bridgehead atoms. The van der Waals surface area contributed by atoms with Crippen molar-refractivity contribution in [1.29, 1.82) is 0 Å². The van der Waals surface area contributed by atoms with Crippen LogP contribution in [0.3, 0.4) is 0 Å². The molecule has 1 aromatic rings. The molecule has 1 rings (SSSR count). The normalized spacial score (nSPS) is 9.42. The first-order chi connectivity index (χ1) is 5.74. The highest BCUT2D eigenvalue weighted by molar-refractivity contribution is 5.47. The molecule has 0 saturated heterocycles. The van der Waals surface area contributed by atoms with Crippen molar-refractivity contribution in [3.8, 4) is 5.75 Å². The minimum absolute atomic E-state index is 0.532. The predicted molar refractivity (Wildman–Crippen MR) is 51.3 cm³/mol. The number of hydrogen-bond donors (Lipinski definition) is 1. The highest BCUT2D eigenvalue weighted by atomic mass is 16.5. The zero-order valence-corrected chi connectivity index (χ0v) is 7.21. The molecule has 0 saturated carbocycles. The van der Waals surface area contributed by atoms with E-state index >= 15 is 0 Å². The smallest absolute Gasteiger partial charge is 0.122 e. The Kier molecular flexibility index (Phi) is 2.75. The van der Waals surface area contributed by atoms with Gasteiger partial charge in [-0.2, -0.15) is 0 Å². The van der Waals surface area contributed by atoms with E-state index in [0.717, 1.165) is 17.0 Å². The minimum atomic E-state index is 0.532. The molecule has 0 heterocycles. The van der Waals surface area contributed by atoms with Gasteiger partial charge in [0.15, 0.2) is 0 Å². The summed E-state index contributed by atoms with van der Waals surface area (Å²) < 4.78 is 5.37. The molecule has 64 valence electrons. The molecular formula is C10H13NO. The summed E-state index contributed by atoms with van der Waals surface area (Å²) in [6.45, 7) is 6.07. The van der Waals surface area contributed by atoms with Gasteiger partial charge in [-0.3, -0.25) is 0 Å². The number of rotatable bonds is 3. The summed E-state index contributed by atoms with van der Waals surface area (Å²) in [7, 11) is 0. The Bertz CT molecular complexity index is 281. The molecule has 0 atom stereocenters. The van der Waals surface area contributed by atoms with Gasteiger partial charge in [0.05, 0.1) is 0 Å². The molecule has 0 fully saturated rings. The van der Waals surface area contributed by atoms with Crippen molar-refractivity contribution in [2.24, 2.45) is 0 Å². The van der Waals surface area contributed by atoms with E-state index in [1.54, 1.807) is 6.08 Å². The average Bonchev–Trinajstić information content (AvgIpc) is 2.03. The van der Waals surface area contributed by atoms with Gasteiger partial charge in [-0.25, -0.2) is 0 Å². The molecular weight excluding hydrogens is 150 g/mol. The van der Waals surface area contributed by atoms with E-state index in [1.807, 2.05) is 25.1 Å². The van der Waals surface area contributed by atoms with Crippen LogP contribution < -0.4 is 10.5 Å². The number of nitrogens with two attached hydrogens (primary N) is 1. The van der Waals surface area contributed by atoms with Crippen LogP contribution in [0.1, 0.15) is 5.56 Å². The predicted octanol–water partition coefficient (Wildman–Crippen LogP) is 2.14. The molecule has 2 N–H and O–H groups in total. The molecule has 1 aromatic carbocycles. The first-order valence-electron chi connectivity index (χ1n) is 3.84. The van der Waals surface area contributed by atoms with Crippen LogP contribution in [0.15, 0.2) is 30.9 Å². The van der Waals surface area contributed by atoms with Gasteiger partial charge in [-0.05, 0) is 30.7 Å². The lowest BCUT2D eigenvalue weighted by Crippen LogP contribution is -1.95. The molecule has 0 amide bonds. The first-order valence-corrected chi connectivity index (χ1v) is 3.84. The van der Waals surface area contributed by atoms with Gasteiger partial charge >= 0.3 is 0 Å². The van der Waals surface area contributed by atoms with Crippen molar-refractivity contribution in [3.63, 3.8) is 0 Å². The van der Waals surface area contributed by atoms with E-state index in [4.69, 9.17) is 10.5 Å². The SMILES string of the molecule is C=CCOc1ccc(N)cc1C. The zero-order valence-electron chi connectivity index (χ0n) is 7.21. The topological polar surface area (TPSA) is 35.2 Å². The number of hydrogen-bond acceptors (Lipinski definition) is 2. The number of ether oxygens (including phenoxy) is 1. The lowest BCUT2D eigenvalue weighted by molar-refractivity contribution is 0.361. The third-order valence-corrected chi connectivity index (χ3v) is 1.56. The lowest BCUT2D eigenvalue weighted by Gasteiger charge is -2.06. The Balaban J connectivity index is 2.78. The maximum absolute atomic E-state index is 5.58. The Morgan fingerprint density at radius 3 is 2.92 bits per heavy atom. The summed E-state index contributed by atoms with van der Waals surface area (Å²) in [5.41, 5.74) is 7.40. The van der Waals surface area contributed by atoms with Gasteiger partial charge in [0, 0.05) is 5.69 Å². The second-order valence-corrected chi connectivity index (χ2v) is 2.62. The lowest BCUT2D eigenvalue weighted by atomic mass is 10.2. The van der Waals surface area contributed by atoms with Crippen molar-refractivity contribution < 1.29 is 4.74 Å². The van der Waals surface area contributed by atoms with Gasteiger partial charge in [0.25, 0.3) is 0 Å². The number of anilines is 1. The summed E-state index contributed by atoms with van der Waals surface area (Å²) in [6, 6.07) is 5.58. The highest BCUT2D eigenvalue weighted by Gasteiger charge is 1.97. The van der Waals surface area contributed by atoms with E-state index in [2.05, 4.69) is 6.58 Å². The summed E-state index contributed by atoms with van der Waals surface area (Å²) in [4.78, 5) is 0. The van der Waals surface area contributed by atoms with Crippen LogP contribution in [0.2, 0.25) is 0 Å². The summed E-state index contributed by atoms with van der Waals surface area (Å²) in [5, 5.41) is 0. The molecule has 0 aromatic heterocycles. The average molecular weight is 163 g/mol. The second-order valence-electron chi connectivity index (χ2n) is 2.62. The van der Waals surface area contributed by atoms with Crippen LogP contribution in [0, 0.1) is 6.92 Å². The van der Waals surface area contributed by atoms with E-state index < -0.39 is 0 Å². The molecule has 12 heavy (non-hydrogen) atoms. The Labute approximate surface area is 72.7 Å². The number of aryl methyl sites for hydroxylation is 1. The van der Waals surface area contributed by atoms with Crippen molar-refractivity contribution >= 4 is 5.69 Å². The van der Waals surface area contributed by atoms with Crippen LogP contribution in [0.25, 0.3) is 0 Å². The third-order valence-electron chi connectivity index (χ3n) is 1.56. The molecule has 0 aliphatic carbocycles. The van der Waals surface area contributed by atoms with E-state index in [9.17, 15) is 0 Å². The second kappa shape index (κ2) is 3.81. The molecule has 0 spiro atoms. The van der Waals surface area contributed by atoms with Crippen LogP contribution in [-0.4, -0.2) is 6.61 Å². The molecule has 0 radical (unpaired) electrons. The van der Waals surface area contributed by atoms with E-state index in [0.29, 0.717) is 6.61 Å². The Hall–Kier alpha value is -1.44. The molecule has 0 aliphatic heterocycles. The van der Waals surface area contributed by atoms with Gasteiger partial charge in [-0.15, -0.1) is 0 Å². The standard InChI is InChI=1S/C10H13NO/c1-3-6-12-10-5-4-9(11)7-8(10)2/h3-5,7H,1,6,11H2,2H3. The molecule has 2 heteroatoms. The maximum atomic E-state index is 5.58. The Morgan fingerprint density at radius 1 is 1.58 bits per heavy atom. The first kappa shape index (κ1) is 8.65. The molecule has 2 nitrogen and oxygen atoms in total. The highest BCUT2D eigenvalue weighted by Crippen LogP contribution is 2.19. The number of benzene rings is 1. The van der Waals surface area contributed by atoms with Gasteiger partial charge in [0.2, 0.25) is 0 Å². The van der Waals surface area contributed by atoms with Crippen molar-refractivity contribution in [3.05, 3.63) is 36.4 Å². The maximum Gasteiger partial charge on any atom is 0.122 e. The van der Waals surface area contributed by atoms with E-state index in [1.165, 1.54) is 0 Å². The van der Waals surface area contributed by atoms with E-state index in [-0.39, 0.29) is 0 Å². The van der Waals surface area contributed by atoms with Crippen LogP contribution in [0.4, 0.5) is 5.69 Å². The summed E-state index contributed by atoms with van der Waals surface area (Å²) in [5.74, 6) is 0.865. The van der Waals surface area contributed by atoms with Crippen molar-refractivity contribution in [2.75, 3.05) is 12.3 Å². The van der Waals surface area contributed by atoms with Crippen LogP contribution in [0.5, 0.6) is 5.75 Å². The van der Waals surface area contributed by atoms with Gasteiger partial charge < -0.3 is 10.5 Å². The fraction of sp³-hybridized carbons (Fsp3) is 0.200. The monoisotopic (exact) mass is 163 g/mol. The fourth-order valence-corrected chi connectivity index (χ4v) is 0.983. The van der Waals surface area contributed by atoms with Crippen LogP contribution in [-0.2, 0) is 0 Å². The van der Waals surface area contributed by atoms with Crippen LogP contribution >= 0.6 is 0 Å². The summed E-state index contributed by atoms with van der Waals surface area (Å²) >= 11 is 0. The van der Waals surface area contributed by atoms with Gasteiger partial charge in [-0.1, -0.05) is 12.7 Å².